The molecule has 4 rings (SSSR count). The Hall–Kier alpha value is -2.90. The molecule has 1 amide bonds. The van der Waals surface area contributed by atoms with E-state index in [1.54, 1.807) is 30.3 Å². The van der Waals surface area contributed by atoms with Crippen molar-refractivity contribution < 1.29 is 24.2 Å². The smallest absolute Gasteiger partial charge is 0.224 e. The first-order valence-corrected chi connectivity index (χ1v) is 9.84. The van der Waals surface area contributed by atoms with Crippen molar-refractivity contribution in [2.45, 2.75) is 12.8 Å². The molecule has 2 aromatic rings. The predicted molar refractivity (Wildman–Crippen MR) is 108 cm³/mol. The van der Waals surface area contributed by atoms with Crippen LogP contribution in [0.1, 0.15) is 27.9 Å². The number of ketones is 1. The zero-order valence-electron chi connectivity index (χ0n) is 16.1. The third-order valence-corrected chi connectivity index (χ3v) is 5.26. The number of amides is 1. The number of para-hydroxylation sites is 1. The summed E-state index contributed by atoms with van der Waals surface area (Å²) in [5, 5.41) is 13.2. The minimum Gasteiger partial charge on any atom is -0.507 e. The number of aryl methyl sites for hydroxylation is 1. The molecule has 7 nitrogen and oxygen atoms in total. The van der Waals surface area contributed by atoms with Crippen LogP contribution in [0.3, 0.4) is 0 Å². The maximum atomic E-state index is 13.1. The van der Waals surface area contributed by atoms with Crippen molar-refractivity contribution in [3.05, 3.63) is 53.1 Å². The molecule has 1 saturated heterocycles. The first-order valence-electron chi connectivity index (χ1n) is 9.84. The van der Waals surface area contributed by atoms with Crippen LogP contribution in [0, 0.1) is 0 Å². The Labute approximate surface area is 169 Å². The maximum Gasteiger partial charge on any atom is 0.224 e. The molecule has 0 aromatic heterocycles. The molecule has 0 aliphatic carbocycles. The number of phenols is 1. The van der Waals surface area contributed by atoms with Gasteiger partial charge in [0.1, 0.15) is 18.1 Å². The van der Waals surface area contributed by atoms with E-state index in [-0.39, 0.29) is 23.0 Å². The molecule has 0 unspecified atom stereocenters. The molecule has 0 atom stereocenters. The molecule has 0 radical (unpaired) electrons. The Kier molecular flexibility index (Phi) is 5.78. The average molecular weight is 396 g/mol. The quantitative estimate of drug-likeness (QED) is 0.575. The summed E-state index contributed by atoms with van der Waals surface area (Å²) in [5.41, 5.74) is 1.93. The van der Waals surface area contributed by atoms with Gasteiger partial charge in [-0.3, -0.25) is 14.5 Å². The second kappa shape index (κ2) is 8.63. The summed E-state index contributed by atoms with van der Waals surface area (Å²) < 4.78 is 11.2. The number of aromatic hydroxyl groups is 1. The molecule has 7 heteroatoms. The summed E-state index contributed by atoms with van der Waals surface area (Å²) in [4.78, 5) is 27.1. The second-order valence-corrected chi connectivity index (χ2v) is 7.20. The summed E-state index contributed by atoms with van der Waals surface area (Å²) in [6, 6.07) is 10.1. The van der Waals surface area contributed by atoms with E-state index in [4.69, 9.17) is 9.47 Å². The first kappa shape index (κ1) is 19.4. The van der Waals surface area contributed by atoms with Gasteiger partial charge in [0.05, 0.1) is 24.3 Å². The van der Waals surface area contributed by atoms with E-state index in [1.165, 1.54) is 0 Å². The highest BCUT2D eigenvalue weighted by atomic mass is 16.5. The maximum absolute atomic E-state index is 13.1. The molecule has 2 heterocycles. The van der Waals surface area contributed by atoms with E-state index in [9.17, 15) is 14.7 Å². The van der Waals surface area contributed by atoms with Gasteiger partial charge in [0, 0.05) is 31.7 Å². The predicted octanol–water partition coefficient (Wildman–Crippen LogP) is 2.22. The summed E-state index contributed by atoms with van der Waals surface area (Å²) in [6.07, 6.45) is 0.921. The van der Waals surface area contributed by atoms with Gasteiger partial charge in [0.15, 0.2) is 0 Å². The number of phenolic OH excluding ortho intramolecular Hbond substituents is 1. The van der Waals surface area contributed by atoms with Crippen LogP contribution in [-0.4, -0.2) is 61.2 Å². The lowest BCUT2D eigenvalue weighted by atomic mass is 9.95. The minimum atomic E-state index is -0.341. The molecule has 0 bridgehead atoms. The number of morpholine rings is 1. The Morgan fingerprint density at radius 1 is 1.14 bits per heavy atom. The van der Waals surface area contributed by atoms with Crippen molar-refractivity contribution >= 4 is 17.4 Å². The molecule has 0 saturated carbocycles. The zero-order chi connectivity index (χ0) is 20.2. The van der Waals surface area contributed by atoms with Gasteiger partial charge in [-0.2, -0.15) is 0 Å². The first-order chi connectivity index (χ1) is 14.1. The fraction of sp³-hybridized carbons (Fsp3) is 0.364. The number of anilines is 1. The van der Waals surface area contributed by atoms with Crippen molar-refractivity contribution in [2.75, 3.05) is 44.8 Å². The molecular weight excluding hydrogens is 372 g/mol. The van der Waals surface area contributed by atoms with Crippen LogP contribution in [0.5, 0.6) is 11.5 Å². The molecule has 2 aromatic carbocycles. The van der Waals surface area contributed by atoms with Crippen molar-refractivity contribution in [3.8, 4) is 11.5 Å². The highest BCUT2D eigenvalue weighted by molar-refractivity contribution is 6.13. The normalized spacial score (nSPS) is 16.8. The summed E-state index contributed by atoms with van der Waals surface area (Å²) in [6.45, 7) is 4.41. The largest absolute Gasteiger partial charge is 0.507 e. The molecule has 152 valence electrons. The van der Waals surface area contributed by atoms with Gasteiger partial charge < -0.3 is 19.9 Å². The monoisotopic (exact) mass is 396 g/mol. The summed E-state index contributed by atoms with van der Waals surface area (Å²) >= 11 is 0. The number of fused-ring (bicyclic) bond motifs is 1. The Morgan fingerprint density at radius 3 is 2.76 bits per heavy atom. The van der Waals surface area contributed by atoms with Crippen LogP contribution in [0.25, 0.3) is 0 Å². The topological polar surface area (TPSA) is 88.1 Å². The molecule has 2 N–H and O–H groups in total. The molecule has 1 fully saturated rings. The highest BCUT2D eigenvalue weighted by Gasteiger charge is 2.23. The highest BCUT2D eigenvalue weighted by Crippen LogP contribution is 2.33. The minimum absolute atomic E-state index is 0.0894. The lowest BCUT2D eigenvalue weighted by molar-refractivity contribution is -0.116. The van der Waals surface area contributed by atoms with E-state index in [0.717, 1.165) is 38.4 Å². The number of nitrogens with zero attached hydrogens (tertiary/aromatic N) is 1. The SMILES string of the molecule is O=C1CCc2cc(O)c(C(=O)c3ccccc3OCCN3CCOCC3)cc2N1. The summed E-state index contributed by atoms with van der Waals surface area (Å²) in [7, 11) is 0. The Bertz CT molecular complexity index is 921. The van der Waals surface area contributed by atoms with Gasteiger partial charge in [-0.05, 0) is 36.2 Å². The van der Waals surface area contributed by atoms with E-state index in [1.807, 2.05) is 6.07 Å². The van der Waals surface area contributed by atoms with Gasteiger partial charge in [0.2, 0.25) is 11.7 Å². The number of carbonyl (C=O) groups is 2. The Morgan fingerprint density at radius 2 is 1.93 bits per heavy atom. The van der Waals surface area contributed by atoms with Crippen molar-refractivity contribution in [3.63, 3.8) is 0 Å². The lowest BCUT2D eigenvalue weighted by Gasteiger charge is -2.26. The van der Waals surface area contributed by atoms with Gasteiger partial charge in [0.25, 0.3) is 0 Å². The fourth-order valence-corrected chi connectivity index (χ4v) is 3.63. The van der Waals surface area contributed by atoms with E-state index < -0.39 is 0 Å². The fourth-order valence-electron chi connectivity index (χ4n) is 3.63. The van der Waals surface area contributed by atoms with Crippen LogP contribution in [0.2, 0.25) is 0 Å². The zero-order valence-corrected chi connectivity index (χ0v) is 16.1. The molecular formula is C22H24N2O5. The average Bonchev–Trinajstić information content (AvgIpc) is 2.74. The third kappa shape index (κ3) is 4.41. The molecule has 2 aliphatic heterocycles. The van der Waals surface area contributed by atoms with Gasteiger partial charge in [-0.1, -0.05) is 12.1 Å². The van der Waals surface area contributed by atoms with E-state index >= 15 is 0 Å². The van der Waals surface area contributed by atoms with Crippen LogP contribution >= 0.6 is 0 Å². The standard InChI is InChI=1S/C22H24N2O5/c25-19-13-15-5-6-21(26)23-18(15)14-17(19)22(27)16-3-1-2-4-20(16)29-12-9-24-7-10-28-11-8-24/h1-4,13-14,25H,5-12H2,(H,23,26). The number of carbonyl (C=O) groups excluding carboxylic acids is 2. The van der Waals surface area contributed by atoms with Crippen LogP contribution < -0.4 is 10.1 Å². The van der Waals surface area contributed by atoms with E-state index in [0.29, 0.717) is 36.4 Å². The second-order valence-electron chi connectivity index (χ2n) is 7.20. The van der Waals surface area contributed by atoms with Crippen molar-refractivity contribution in [1.82, 2.24) is 4.90 Å². The van der Waals surface area contributed by atoms with Gasteiger partial charge in [-0.15, -0.1) is 0 Å². The molecule has 29 heavy (non-hydrogen) atoms. The third-order valence-electron chi connectivity index (χ3n) is 5.26. The molecule has 2 aliphatic rings. The number of ether oxygens (including phenoxy) is 2. The number of nitrogens with one attached hydrogen (secondary N) is 1. The van der Waals surface area contributed by atoms with Gasteiger partial charge >= 0.3 is 0 Å². The van der Waals surface area contributed by atoms with E-state index in [2.05, 4.69) is 10.2 Å². The summed E-state index contributed by atoms with van der Waals surface area (Å²) in [5.74, 6) is -0.0412. The number of benzene rings is 2. The Balaban J connectivity index is 1.52. The molecule has 0 spiro atoms. The van der Waals surface area contributed by atoms with Crippen LogP contribution in [0.15, 0.2) is 36.4 Å². The van der Waals surface area contributed by atoms with Crippen LogP contribution in [0.4, 0.5) is 5.69 Å². The lowest BCUT2D eigenvalue weighted by Crippen LogP contribution is -2.38. The van der Waals surface area contributed by atoms with Gasteiger partial charge in [-0.25, -0.2) is 0 Å². The number of hydrogen-bond donors (Lipinski definition) is 2. The van der Waals surface area contributed by atoms with Crippen molar-refractivity contribution in [1.29, 1.82) is 0 Å². The van der Waals surface area contributed by atoms with Crippen LogP contribution in [-0.2, 0) is 16.0 Å². The van der Waals surface area contributed by atoms with Crippen molar-refractivity contribution in [2.24, 2.45) is 0 Å². The number of rotatable bonds is 6. The number of hydrogen-bond acceptors (Lipinski definition) is 6.